The zero-order valence-corrected chi connectivity index (χ0v) is 11.7. The van der Waals surface area contributed by atoms with E-state index in [1.807, 2.05) is 0 Å². The van der Waals surface area contributed by atoms with Crippen LogP contribution in [0.4, 0.5) is 11.8 Å². The second-order valence-corrected chi connectivity index (χ2v) is 6.20. The van der Waals surface area contributed by atoms with Crippen LogP contribution < -0.4 is 11.1 Å². The molecule has 3 rings (SSSR count). The lowest BCUT2D eigenvalue weighted by atomic mass is 9.82. The van der Waals surface area contributed by atoms with E-state index in [0.29, 0.717) is 11.9 Å². The van der Waals surface area contributed by atoms with E-state index < -0.39 is 0 Å². The molecule has 6 heteroatoms. The predicted molar refractivity (Wildman–Crippen MR) is 78.4 cm³/mol. The van der Waals surface area contributed by atoms with Crippen LogP contribution >= 0.6 is 11.3 Å². The van der Waals surface area contributed by atoms with Gasteiger partial charge in [0, 0.05) is 11.4 Å². The smallest absolute Gasteiger partial charge is 0.223 e. The number of thiophene rings is 1. The van der Waals surface area contributed by atoms with Gasteiger partial charge in [0.15, 0.2) is 0 Å². The molecule has 4 N–H and O–H groups in total. The first-order valence-electron chi connectivity index (χ1n) is 6.63. The standard InChI is InChI=1S/C13H18N4OS/c1-2-9-5-10-11(15-6-7-3-8(18)4-7)16-13(14)17-12(10)19-9/h5,7-8,18H,2-4,6H2,1H3,(H3,14,15,16,17). The molecule has 0 bridgehead atoms. The number of anilines is 2. The SMILES string of the molecule is CCc1cc2c(NCC3CC(O)C3)nc(N)nc2s1. The summed E-state index contributed by atoms with van der Waals surface area (Å²) >= 11 is 1.67. The van der Waals surface area contributed by atoms with Crippen molar-refractivity contribution < 1.29 is 5.11 Å². The Morgan fingerprint density at radius 2 is 2.26 bits per heavy atom. The molecule has 1 aliphatic carbocycles. The largest absolute Gasteiger partial charge is 0.393 e. The Morgan fingerprint density at radius 3 is 2.95 bits per heavy atom. The van der Waals surface area contributed by atoms with Gasteiger partial charge in [-0.2, -0.15) is 4.98 Å². The molecule has 2 aromatic rings. The number of nitrogens with two attached hydrogens (primary N) is 1. The van der Waals surface area contributed by atoms with Gasteiger partial charge in [0.1, 0.15) is 10.6 Å². The van der Waals surface area contributed by atoms with Crippen LogP contribution in [0.5, 0.6) is 0 Å². The van der Waals surface area contributed by atoms with E-state index in [2.05, 4.69) is 28.3 Å². The Bertz CT molecular complexity index is 592. The second kappa shape index (κ2) is 4.94. The van der Waals surface area contributed by atoms with Crippen molar-refractivity contribution in [2.24, 2.45) is 5.92 Å². The molecule has 0 atom stereocenters. The summed E-state index contributed by atoms with van der Waals surface area (Å²) in [5.74, 6) is 1.67. The van der Waals surface area contributed by atoms with Gasteiger partial charge in [0.25, 0.3) is 0 Å². The molecule has 2 aromatic heterocycles. The number of hydrogen-bond acceptors (Lipinski definition) is 6. The van der Waals surface area contributed by atoms with Gasteiger partial charge >= 0.3 is 0 Å². The van der Waals surface area contributed by atoms with E-state index in [1.165, 1.54) is 4.88 Å². The van der Waals surface area contributed by atoms with Crippen LogP contribution in [0.3, 0.4) is 0 Å². The monoisotopic (exact) mass is 278 g/mol. The highest BCUT2D eigenvalue weighted by Crippen LogP contribution is 2.31. The van der Waals surface area contributed by atoms with Crippen molar-refractivity contribution in [2.75, 3.05) is 17.6 Å². The van der Waals surface area contributed by atoms with E-state index in [0.717, 1.165) is 41.8 Å². The van der Waals surface area contributed by atoms with Gasteiger partial charge in [-0.15, -0.1) is 11.3 Å². The van der Waals surface area contributed by atoms with Crippen molar-refractivity contribution in [1.29, 1.82) is 0 Å². The summed E-state index contributed by atoms with van der Waals surface area (Å²) in [5, 5.41) is 13.7. The highest BCUT2D eigenvalue weighted by atomic mass is 32.1. The molecule has 102 valence electrons. The van der Waals surface area contributed by atoms with Crippen LogP contribution in [0.25, 0.3) is 10.2 Å². The zero-order valence-electron chi connectivity index (χ0n) is 10.9. The summed E-state index contributed by atoms with van der Waals surface area (Å²) in [4.78, 5) is 10.8. The lowest BCUT2D eigenvalue weighted by Gasteiger charge is -2.31. The van der Waals surface area contributed by atoms with E-state index in [9.17, 15) is 5.11 Å². The van der Waals surface area contributed by atoms with Crippen molar-refractivity contribution in [1.82, 2.24) is 9.97 Å². The maximum Gasteiger partial charge on any atom is 0.223 e. The summed E-state index contributed by atoms with van der Waals surface area (Å²) in [6.45, 7) is 2.96. The van der Waals surface area contributed by atoms with Crippen LogP contribution in [-0.4, -0.2) is 27.7 Å². The van der Waals surface area contributed by atoms with E-state index >= 15 is 0 Å². The third-order valence-corrected chi connectivity index (χ3v) is 4.75. The lowest BCUT2D eigenvalue weighted by Crippen LogP contribution is -2.33. The summed E-state index contributed by atoms with van der Waals surface area (Å²) in [6.07, 6.45) is 2.63. The number of hydrogen-bond donors (Lipinski definition) is 3. The van der Waals surface area contributed by atoms with Crippen molar-refractivity contribution in [3.63, 3.8) is 0 Å². The summed E-state index contributed by atoms with van der Waals surface area (Å²) in [7, 11) is 0. The Kier molecular flexibility index (Phi) is 3.28. The maximum absolute atomic E-state index is 9.29. The number of fused-ring (bicyclic) bond motifs is 1. The van der Waals surface area contributed by atoms with Gasteiger partial charge in [-0.3, -0.25) is 0 Å². The summed E-state index contributed by atoms with van der Waals surface area (Å²) < 4.78 is 0. The topological polar surface area (TPSA) is 84.1 Å². The molecule has 19 heavy (non-hydrogen) atoms. The first-order valence-corrected chi connectivity index (χ1v) is 7.45. The number of rotatable bonds is 4. The van der Waals surface area contributed by atoms with Crippen molar-refractivity contribution in [2.45, 2.75) is 32.3 Å². The zero-order chi connectivity index (χ0) is 13.4. The fourth-order valence-electron chi connectivity index (χ4n) is 2.41. The molecule has 2 heterocycles. The molecule has 0 spiro atoms. The average Bonchev–Trinajstić information content (AvgIpc) is 2.75. The molecular formula is C13H18N4OS. The van der Waals surface area contributed by atoms with Crippen molar-refractivity contribution in [3.8, 4) is 0 Å². The van der Waals surface area contributed by atoms with Gasteiger partial charge in [0.2, 0.25) is 5.95 Å². The molecule has 0 radical (unpaired) electrons. The third-order valence-electron chi connectivity index (χ3n) is 3.58. The summed E-state index contributed by atoms with van der Waals surface area (Å²) in [5.41, 5.74) is 5.75. The molecular weight excluding hydrogens is 260 g/mol. The number of aromatic nitrogens is 2. The number of nitrogen functional groups attached to an aromatic ring is 1. The Balaban J connectivity index is 1.82. The molecule has 1 fully saturated rings. The first kappa shape index (κ1) is 12.6. The Morgan fingerprint density at radius 1 is 1.47 bits per heavy atom. The van der Waals surface area contributed by atoms with Crippen molar-refractivity contribution >= 4 is 33.3 Å². The number of aliphatic hydroxyl groups is 1. The minimum Gasteiger partial charge on any atom is -0.393 e. The molecule has 0 aromatic carbocycles. The fraction of sp³-hybridized carbons (Fsp3) is 0.538. The quantitative estimate of drug-likeness (QED) is 0.797. The lowest BCUT2D eigenvalue weighted by molar-refractivity contribution is 0.0486. The highest BCUT2D eigenvalue weighted by molar-refractivity contribution is 7.18. The first-order chi connectivity index (χ1) is 9.15. The molecule has 0 saturated heterocycles. The molecule has 0 aliphatic heterocycles. The van der Waals surface area contributed by atoms with Gasteiger partial charge in [-0.25, -0.2) is 4.98 Å². The number of nitrogens with zero attached hydrogens (tertiary/aromatic N) is 2. The van der Waals surface area contributed by atoms with Gasteiger partial charge in [-0.05, 0) is 31.2 Å². The average molecular weight is 278 g/mol. The number of aliphatic hydroxyl groups excluding tert-OH is 1. The van der Waals surface area contributed by atoms with Crippen molar-refractivity contribution in [3.05, 3.63) is 10.9 Å². The van der Waals surface area contributed by atoms with E-state index in [4.69, 9.17) is 5.73 Å². The fourth-order valence-corrected chi connectivity index (χ4v) is 3.38. The predicted octanol–water partition coefficient (Wildman–Crippen LogP) is 2.02. The minimum atomic E-state index is -0.116. The van der Waals surface area contributed by atoms with Gasteiger partial charge in [-0.1, -0.05) is 6.92 Å². The number of nitrogens with one attached hydrogen (secondary N) is 1. The van der Waals surface area contributed by atoms with Crippen LogP contribution in [0.2, 0.25) is 0 Å². The second-order valence-electron chi connectivity index (χ2n) is 5.09. The van der Waals surface area contributed by atoms with Crippen LogP contribution in [-0.2, 0) is 6.42 Å². The molecule has 0 amide bonds. The molecule has 1 saturated carbocycles. The van der Waals surface area contributed by atoms with Crippen LogP contribution in [0.1, 0.15) is 24.6 Å². The third kappa shape index (κ3) is 2.50. The molecule has 5 nitrogen and oxygen atoms in total. The van der Waals surface area contributed by atoms with E-state index in [1.54, 1.807) is 11.3 Å². The molecule has 0 unspecified atom stereocenters. The highest BCUT2D eigenvalue weighted by Gasteiger charge is 2.27. The minimum absolute atomic E-state index is 0.116. The number of aryl methyl sites for hydroxylation is 1. The van der Waals surface area contributed by atoms with E-state index in [-0.39, 0.29) is 6.10 Å². The van der Waals surface area contributed by atoms with Gasteiger partial charge < -0.3 is 16.2 Å². The summed E-state index contributed by atoms with van der Waals surface area (Å²) in [6, 6.07) is 2.14. The maximum atomic E-state index is 9.29. The van der Waals surface area contributed by atoms with Crippen LogP contribution in [0.15, 0.2) is 6.07 Å². The molecule has 1 aliphatic rings. The normalized spacial score (nSPS) is 22.4. The Labute approximate surface area is 115 Å². The van der Waals surface area contributed by atoms with Crippen LogP contribution in [0, 0.1) is 5.92 Å². The Hall–Kier alpha value is -1.40. The van der Waals surface area contributed by atoms with Gasteiger partial charge in [0.05, 0.1) is 11.5 Å².